The Labute approximate surface area is 94.7 Å². The van der Waals surface area contributed by atoms with E-state index < -0.39 is 0 Å². The SMILES string of the molecule is CC(C)Oc1cc(CC#N)cc(CO)c1O. The minimum atomic E-state index is -0.278. The zero-order valence-corrected chi connectivity index (χ0v) is 9.40. The molecule has 1 aromatic rings. The number of hydrogen-bond donors (Lipinski definition) is 2. The molecule has 0 unspecified atom stereocenters. The van der Waals surface area contributed by atoms with Crippen molar-refractivity contribution in [2.45, 2.75) is 33.0 Å². The lowest BCUT2D eigenvalue weighted by molar-refractivity contribution is 0.226. The molecular formula is C12H15NO3. The number of phenols is 1. The third-order valence-corrected chi connectivity index (χ3v) is 2.03. The second kappa shape index (κ2) is 5.38. The fourth-order valence-electron chi connectivity index (χ4n) is 1.39. The molecule has 0 aliphatic heterocycles. The second-order valence-corrected chi connectivity index (χ2v) is 3.76. The van der Waals surface area contributed by atoms with Crippen molar-refractivity contribution in [1.29, 1.82) is 5.26 Å². The minimum absolute atomic E-state index is 0.0575. The van der Waals surface area contributed by atoms with E-state index in [0.717, 1.165) is 5.56 Å². The molecule has 0 aliphatic carbocycles. The molecule has 0 heterocycles. The lowest BCUT2D eigenvalue weighted by Gasteiger charge is -2.14. The summed E-state index contributed by atoms with van der Waals surface area (Å²) in [4.78, 5) is 0. The van der Waals surface area contributed by atoms with Crippen molar-refractivity contribution in [1.82, 2.24) is 0 Å². The quantitative estimate of drug-likeness (QED) is 0.812. The summed E-state index contributed by atoms with van der Waals surface area (Å²) in [7, 11) is 0. The van der Waals surface area contributed by atoms with E-state index in [1.807, 2.05) is 19.9 Å². The smallest absolute Gasteiger partial charge is 0.163 e. The van der Waals surface area contributed by atoms with Gasteiger partial charge in [0.25, 0.3) is 0 Å². The van der Waals surface area contributed by atoms with Gasteiger partial charge < -0.3 is 14.9 Å². The number of aromatic hydroxyl groups is 1. The van der Waals surface area contributed by atoms with E-state index in [0.29, 0.717) is 11.3 Å². The highest BCUT2D eigenvalue weighted by molar-refractivity contribution is 5.48. The number of aliphatic hydroxyl groups is 1. The van der Waals surface area contributed by atoms with Crippen LogP contribution in [-0.4, -0.2) is 16.3 Å². The molecule has 1 aromatic carbocycles. The molecule has 0 bridgehead atoms. The lowest BCUT2D eigenvalue weighted by Crippen LogP contribution is -2.07. The highest BCUT2D eigenvalue weighted by atomic mass is 16.5. The van der Waals surface area contributed by atoms with Crippen LogP contribution in [0.25, 0.3) is 0 Å². The molecule has 0 radical (unpaired) electrons. The van der Waals surface area contributed by atoms with E-state index in [1.54, 1.807) is 12.1 Å². The summed E-state index contributed by atoms with van der Waals surface area (Å²) in [5, 5.41) is 27.4. The van der Waals surface area contributed by atoms with Gasteiger partial charge in [-0.25, -0.2) is 0 Å². The molecule has 0 aliphatic rings. The van der Waals surface area contributed by atoms with Gasteiger partial charge in [-0.1, -0.05) is 0 Å². The Morgan fingerprint density at radius 2 is 2.12 bits per heavy atom. The average Bonchev–Trinajstić information content (AvgIpc) is 2.22. The summed E-state index contributed by atoms with van der Waals surface area (Å²) >= 11 is 0. The van der Waals surface area contributed by atoms with Crippen LogP contribution in [0.2, 0.25) is 0 Å². The molecule has 4 heteroatoms. The topological polar surface area (TPSA) is 73.5 Å². The molecule has 86 valence electrons. The molecule has 0 atom stereocenters. The maximum absolute atomic E-state index is 9.76. The van der Waals surface area contributed by atoms with Crippen LogP contribution in [0.5, 0.6) is 11.5 Å². The van der Waals surface area contributed by atoms with Gasteiger partial charge in [0, 0.05) is 5.56 Å². The second-order valence-electron chi connectivity index (χ2n) is 3.76. The van der Waals surface area contributed by atoms with Gasteiger partial charge in [0.15, 0.2) is 11.5 Å². The zero-order valence-electron chi connectivity index (χ0n) is 9.40. The molecule has 0 fully saturated rings. The van der Waals surface area contributed by atoms with Crippen molar-refractivity contribution in [2.75, 3.05) is 0 Å². The zero-order chi connectivity index (χ0) is 12.1. The number of nitrogens with zero attached hydrogens (tertiary/aromatic N) is 1. The van der Waals surface area contributed by atoms with Crippen molar-refractivity contribution in [3.63, 3.8) is 0 Å². The number of rotatable bonds is 4. The molecule has 2 N–H and O–H groups in total. The Kier molecular flexibility index (Phi) is 4.15. The minimum Gasteiger partial charge on any atom is -0.504 e. The molecule has 0 spiro atoms. The van der Waals surface area contributed by atoms with Gasteiger partial charge in [0.2, 0.25) is 0 Å². The van der Waals surface area contributed by atoms with E-state index >= 15 is 0 Å². The molecule has 0 saturated heterocycles. The van der Waals surface area contributed by atoms with Crippen LogP contribution < -0.4 is 4.74 Å². The van der Waals surface area contributed by atoms with Crippen molar-refractivity contribution in [3.8, 4) is 17.6 Å². The van der Waals surface area contributed by atoms with Crippen molar-refractivity contribution in [2.24, 2.45) is 0 Å². The molecule has 16 heavy (non-hydrogen) atoms. The standard InChI is InChI=1S/C12H15NO3/c1-8(2)16-11-6-9(3-4-13)5-10(7-14)12(11)15/h5-6,8,14-15H,3,7H2,1-2H3. The number of ether oxygens (including phenoxy) is 1. The fraction of sp³-hybridized carbons (Fsp3) is 0.417. The molecule has 0 amide bonds. The Bertz CT molecular complexity index is 407. The van der Waals surface area contributed by atoms with Gasteiger partial charge in [0.1, 0.15) is 0 Å². The number of aliphatic hydroxyl groups excluding tert-OH is 1. The van der Waals surface area contributed by atoms with Gasteiger partial charge in [-0.15, -0.1) is 0 Å². The molecule has 1 rings (SSSR count). The number of nitriles is 1. The number of hydrogen-bond acceptors (Lipinski definition) is 4. The molecular weight excluding hydrogens is 206 g/mol. The van der Waals surface area contributed by atoms with Crippen LogP contribution in [0.1, 0.15) is 25.0 Å². The summed E-state index contributed by atoms with van der Waals surface area (Å²) in [6.07, 6.45) is 0.150. The van der Waals surface area contributed by atoms with Crippen molar-refractivity contribution < 1.29 is 14.9 Å². The van der Waals surface area contributed by atoms with Gasteiger partial charge in [-0.3, -0.25) is 0 Å². The largest absolute Gasteiger partial charge is 0.504 e. The number of benzene rings is 1. The summed E-state index contributed by atoms with van der Waals surface area (Å²) in [5.41, 5.74) is 1.10. The van der Waals surface area contributed by atoms with Crippen molar-refractivity contribution >= 4 is 0 Å². The third kappa shape index (κ3) is 2.88. The van der Waals surface area contributed by atoms with Crippen LogP contribution in [-0.2, 0) is 13.0 Å². The Morgan fingerprint density at radius 3 is 2.62 bits per heavy atom. The summed E-state index contributed by atoms with van der Waals surface area (Å²) in [5.74, 6) is 0.254. The average molecular weight is 221 g/mol. The van der Waals surface area contributed by atoms with Gasteiger partial charge >= 0.3 is 0 Å². The normalized spacial score (nSPS) is 10.2. The van der Waals surface area contributed by atoms with Crippen LogP contribution >= 0.6 is 0 Å². The molecule has 0 aromatic heterocycles. The van der Waals surface area contributed by atoms with Crippen LogP contribution in [0, 0.1) is 11.3 Å². The first kappa shape index (κ1) is 12.3. The van der Waals surface area contributed by atoms with E-state index in [4.69, 9.17) is 15.1 Å². The maximum atomic E-state index is 9.76. The summed E-state index contributed by atoms with van der Waals surface area (Å²) in [6.45, 7) is 3.41. The van der Waals surface area contributed by atoms with Crippen LogP contribution in [0.4, 0.5) is 0 Å². The lowest BCUT2D eigenvalue weighted by atomic mass is 10.1. The third-order valence-electron chi connectivity index (χ3n) is 2.03. The Morgan fingerprint density at radius 1 is 1.44 bits per heavy atom. The summed E-state index contributed by atoms with van der Waals surface area (Å²) in [6, 6.07) is 5.24. The predicted octanol–water partition coefficient (Wildman–Crippen LogP) is 1.74. The van der Waals surface area contributed by atoms with E-state index in [9.17, 15) is 5.11 Å². The fourth-order valence-corrected chi connectivity index (χ4v) is 1.39. The van der Waals surface area contributed by atoms with E-state index in [-0.39, 0.29) is 24.9 Å². The van der Waals surface area contributed by atoms with E-state index in [1.165, 1.54) is 0 Å². The first-order valence-corrected chi connectivity index (χ1v) is 5.07. The Balaban J connectivity index is 3.14. The highest BCUT2D eigenvalue weighted by Gasteiger charge is 2.11. The molecule has 0 saturated carbocycles. The van der Waals surface area contributed by atoms with Crippen LogP contribution in [0.3, 0.4) is 0 Å². The first-order chi connectivity index (χ1) is 7.58. The van der Waals surface area contributed by atoms with Gasteiger partial charge in [-0.05, 0) is 31.5 Å². The monoisotopic (exact) mass is 221 g/mol. The summed E-state index contributed by atoms with van der Waals surface area (Å²) < 4.78 is 5.40. The Hall–Kier alpha value is -1.73. The first-order valence-electron chi connectivity index (χ1n) is 5.07. The molecule has 4 nitrogen and oxygen atoms in total. The van der Waals surface area contributed by atoms with Gasteiger partial charge in [0.05, 0.1) is 25.2 Å². The van der Waals surface area contributed by atoms with Crippen molar-refractivity contribution in [3.05, 3.63) is 23.3 Å². The van der Waals surface area contributed by atoms with Gasteiger partial charge in [-0.2, -0.15) is 5.26 Å². The predicted molar refractivity (Wildman–Crippen MR) is 59.1 cm³/mol. The highest BCUT2D eigenvalue weighted by Crippen LogP contribution is 2.32. The van der Waals surface area contributed by atoms with Crippen LogP contribution in [0.15, 0.2) is 12.1 Å². The van der Waals surface area contributed by atoms with E-state index in [2.05, 4.69) is 0 Å². The maximum Gasteiger partial charge on any atom is 0.163 e.